The Labute approximate surface area is 374 Å². The second-order valence-electron chi connectivity index (χ2n) is 18.4. The van der Waals surface area contributed by atoms with Crippen molar-refractivity contribution in [2.24, 2.45) is 28.6 Å². The number of carbonyl (C=O) groups is 3. The average Bonchev–Trinajstić information content (AvgIpc) is 3.48. The molecule has 2 aromatic heterocycles. The van der Waals surface area contributed by atoms with Crippen LogP contribution in [-0.4, -0.2) is 119 Å². The lowest BCUT2D eigenvalue weighted by molar-refractivity contribution is -0.219. The molecule has 2 amide bonds. The van der Waals surface area contributed by atoms with Crippen LogP contribution in [0.25, 0.3) is 11.2 Å². The number of rotatable bonds is 19. The lowest BCUT2D eigenvalue weighted by atomic mass is 9.44. The summed E-state index contributed by atoms with van der Waals surface area (Å²) in [6.45, 7) is 8.80. The fraction of sp³-hybridized carbons (Fsp3) is 0.596. The summed E-state index contributed by atoms with van der Waals surface area (Å²) >= 11 is 0. The minimum Gasteiger partial charge on any atom is -0.390 e. The highest BCUT2D eigenvalue weighted by Gasteiger charge is 2.75. The number of fused-ring (bicyclic) bond motifs is 6. The molecule has 2 unspecified atom stereocenters. The van der Waals surface area contributed by atoms with Gasteiger partial charge in [-0.3, -0.25) is 14.4 Å². The van der Waals surface area contributed by atoms with Gasteiger partial charge in [-0.15, -0.1) is 0 Å². The van der Waals surface area contributed by atoms with Crippen molar-refractivity contribution in [3.05, 3.63) is 65.5 Å². The van der Waals surface area contributed by atoms with Gasteiger partial charge in [-0.2, -0.15) is 9.97 Å². The molecular weight excluding hydrogens is 822 g/mol. The molecule has 16 nitrogen and oxygen atoms in total. The molecule has 3 saturated carbocycles. The number of hydrogen-bond donors (Lipinski definition) is 6. The number of benzene rings is 1. The number of aliphatic hydroxyl groups excluding tert-OH is 1. The summed E-state index contributed by atoms with van der Waals surface area (Å²) in [7, 11) is 3.63. The molecule has 346 valence electrons. The van der Waals surface area contributed by atoms with Crippen LogP contribution in [0.5, 0.6) is 0 Å². The Balaban J connectivity index is 0.738. The van der Waals surface area contributed by atoms with E-state index in [9.17, 15) is 24.6 Å². The van der Waals surface area contributed by atoms with Crippen LogP contribution in [0.2, 0.25) is 0 Å². The van der Waals surface area contributed by atoms with Crippen LogP contribution >= 0.6 is 0 Å². The maximum absolute atomic E-state index is 17.4. The first kappa shape index (κ1) is 46.9. The highest BCUT2D eigenvalue weighted by Crippen LogP contribution is 2.70. The van der Waals surface area contributed by atoms with Gasteiger partial charge in [0.15, 0.2) is 34.0 Å². The Bertz CT molecular complexity index is 2260. The number of ketones is 1. The zero-order chi connectivity index (χ0) is 45.9. The van der Waals surface area contributed by atoms with Crippen LogP contribution in [0.1, 0.15) is 88.2 Å². The average molecular weight is 886 g/mol. The molecule has 0 spiro atoms. The molecule has 4 aliphatic carbocycles. The van der Waals surface area contributed by atoms with E-state index in [1.54, 1.807) is 38.4 Å². The Morgan fingerprint density at radius 3 is 2.34 bits per heavy atom. The number of aromatic nitrogens is 4. The van der Waals surface area contributed by atoms with E-state index in [0.29, 0.717) is 112 Å². The number of anilines is 3. The lowest BCUT2D eigenvalue weighted by Gasteiger charge is -2.62. The van der Waals surface area contributed by atoms with Crippen LogP contribution in [0, 0.1) is 28.6 Å². The van der Waals surface area contributed by atoms with Crippen molar-refractivity contribution >= 4 is 46.2 Å². The lowest BCUT2D eigenvalue weighted by Crippen LogP contribution is -2.70. The van der Waals surface area contributed by atoms with Gasteiger partial charge in [0.25, 0.3) is 11.8 Å². The van der Waals surface area contributed by atoms with E-state index < -0.39 is 45.9 Å². The number of aliphatic hydroxyl groups is 2. The number of allylic oxidation sites excluding steroid dienone is 4. The highest BCUT2D eigenvalue weighted by molar-refractivity contribution is 6.01. The fourth-order valence-electron chi connectivity index (χ4n) is 11.0. The molecule has 7 rings (SSSR count). The van der Waals surface area contributed by atoms with Crippen molar-refractivity contribution in [2.75, 3.05) is 69.6 Å². The maximum atomic E-state index is 17.4. The largest absolute Gasteiger partial charge is 0.390 e. The number of hydrogen-bond acceptors (Lipinski definition) is 14. The number of amides is 2. The molecule has 0 bridgehead atoms. The number of ether oxygens (including phenoxy) is 2. The van der Waals surface area contributed by atoms with E-state index in [1.807, 2.05) is 37.9 Å². The van der Waals surface area contributed by atoms with Crippen LogP contribution < -0.4 is 26.6 Å². The molecule has 7 N–H and O–H groups in total. The van der Waals surface area contributed by atoms with Gasteiger partial charge in [-0.25, -0.2) is 14.4 Å². The summed E-state index contributed by atoms with van der Waals surface area (Å²) in [6.07, 6.45) is 9.03. The minimum absolute atomic E-state index is 0.0547. The quantitative estimate of drug-likeness (QED) is 0.0915. The van der Waals surface area contributed by atoms with Gasteiger partial charge in [-0.1, -0.05) is 25.5 Å². The van der Waals surface area contributed by atoms with Crippen LogP contribution in [-0.2, 0) is 25.6 Å². The maximum Gasteiger partial charge on any atom is 0.252 e. The molecule has 64 heavy (non-hydrogen) atoms. The molecule has 17 heteroatoms. The first-order valence-corrected chi connectivity index (χ1v) is 22.6. The van der Waals surface area contributed by atoms with Gasteiger partial charge >= 0.3 is 0 Å². The number of nitrogens with two attached hydrogens (primary N) is 1. The van der Waals surface area contributed by atoms with Gasteiger partial charge in [0.2, 0.25) is 5.95 Å². The fourth-order valence-corrected chi connectivity index (χ4v) is 11.0. The second-order valence-corrected chi connectivity index (χ2v) is 18.4. The van der Waals surface area contributed by atoms with E-state index in [1.165, 1.54) is 12.2 Å². The Kier molecular flexibility index (Phi) is 14.0. The summed E-state index contributed by atoms with van der Waals surface area (Å²) in [5, 5.41) is 32.5. The summed E-state index contributed by atoms with van der Waals surface area (Å²) < 4.78 is 29.0. The van der Waals surface area contributed by atoms with Crippen molar-refractivity contribution in [1.82, 2.24) is 30.6 Å². The van der Waals surface area contributed by atoms with Crippen LogP contribution in [0.15, 0.2) is 54.3 Å². The minimum atomic E-state index is -2.01. The number of nitrogen functional groups attached to an aromatic ring is 1. The van der Waals surface area contributed by atoms with Crippen molar-refractivity contribution in [2.45, 2.75) is 96.1 Å². The monoisotopic (exact) mass is 885 g/mol. The molecule has 4 aliphatic rings. The summed E-state index contributed by atoms with van der Waals surface area (Å²) in [4.78, 5) is 58.1. The third-order valence-electron chi connectivity index (χ3n) is 14.6. The molecule has 8 atom stereocenters. The van der Waals surface area contributed by atoms with E-state index >= 15 is 4.39 Å². The van der Waals surface area contributed by atoms with Gasteiger partial charge < -0.3 is 46.3 Å². The Morgan fingerprint density at radius 1 is 0.984 bits per heavy atom. The van der Waals surface area contributed by atoms with Crippen LogP contribution in [0.4, 0.5) is 21.8 Å². The Hall–Kier alpha value is -5.10. The SMILES string of the molecule is CNc1nc(N)c2nc(CN(C)c3ccc(C(=O)NCCCOCCCCOCCCNC(=O)[C@@]4(O)[C@H](C)C[C@H]5C6CCC7=CC(=O)C=C[C@]7(C)[C@@]6(F)C(O)C[C@@]54C)cc3)cnc2n1. The summed E-state index contributed by atoms with van der Waals surface area (Å²) in [5.41, 5.74) is 3.87. The molecule has 0 aliphatic heterocycles. The van der Waals surface area contributed by atoms with Crippen molar-refractivity contribution < 1.29 is 38.5 Å². The summed E-state index contributed by atoms with van der Waals surface area (Å²) in [5.74, 6) is -1.49. The van der Waals surface area contributed by atoms with Crippen molar-refractivity contribution in [1.29, 1.82) is 0 Å². The van der Waals surface area contributed by atoms with Crippen molar-refractivity contribution in [3.63, 3.8) is 0 Å². The highest BCUT2D eigenvalue weighted by atomic mass is 19.1. The van der Waals surface area contributed by atoms with Crippen LogP contribution in [0.3, 0.4) is 0 Å². The third-order valence-corrected chi connectivity index (χ3v) is 14.6. The van der Waals surface area contributed by atoms with Crippen molar-refractivity contribution in [3.8, 4) is 0 Å². The van der Waals surface area contributed by atoms with Gasteiger partial charge in [0.1, 0.15) is 0 Å². The summed E-state index contributed by atoms with van der Waals surface area (Å²) in [6, 6.07) is 7.34. The third kappa shape index (κ3) is 8.71. The Morgan fingerprint density at radius 2 is 1.66 bits per heavy atom. The molecule has 2 heterocycles. The molecule has 3 fully saturated rings. The van der Waals surface area contributed by atoms with Gasteiger partial charge in [0, 0.05) is 81.6 Å². The van der Waals surface area contributed by atoms with E-state index in [-0.39, 0.29) is 29.8 Å². The molecule has 3 aromatic rings. The predicted molar refractivity (Wildman–Crippen MR) is 241 cm³/mol. The second kappa shape index (κ2) is 19.2. The van der Waals surface area contributed by atoms with E-state index in [0.717, 1.165) is 18.5 Å². The van der Waals surface area contributed by atoms with E-state index in [2.05, 4.69) is 35.9 Å². The number of alkyl halides is 1. The zero-order valence-electron chi connectivity index (χ0n) is 37.7. The first-order chi connectivity index (χ1) is 30.6. The standard InChI is InChI=1S/C47H64FN9O7/c1-29-24-36-35-15-12-31-25-34(58)16-17-44(31,2)46(35,48)37(59)26-45(36,3)47(29,62)42(61)52-19-9-23-64-21-7-6-20-63-22-8-18-51-41(60)30-10-13-33(14-11-30)57(5)28-32-27-53-40-38(54-32)39(49)55-43(50-4)56-40/h10-11,13-14,16-17,25,27,29,35-37,59,62H,6-9,12,15,18-24,26,28H2,1-5H3,(H,51,60)(H,52,61)(H3,49,50,53,55,56)/t29-,35?,36+,37?,44+,45+,46+,47+/m1/s1. The molecule has 0 saturated heterocycles. The normalized spacial score (nSPS) is 29.4. The number of halogens is 1. The molecule has 0 radical (unpaired) electrons. The smallest absolute Gasteiger partial charge is 0.252 e. The number of carbonyl (C=O) groups excluding carboxylic acids is 3. The number of unbranched alkanes of at least 4 members (excludes halogenated alkanes) is 1. The van der Waals surface area contributed by atoms with Gasteiger partial charge in [0.05, 0.1) is 24.5 Å². The topological polar surface area (TPSA) is 227 Å². The predicted octanol–water partition coefficient (Wildman–Crippen LogP) is 4.47. The molecule has 1 aromatic carbocycles. The first-order valence-electron chi connectivity index (χ1n) is 22.6. The molecular formula is C47H64FN9O7. The number of nitrogens with zero attached hydrogens (tertiary/aromatic N) is 5. The number of nitrogens with one attached hydrogen (secondary N) is 3. The van der Waals surface area contributed by atoms with E-state index in [4.69, 9.17) is 15.2 Å². The zero-order valence-corrected chi connectivity index (χ0v) is 37.7. The van der Waals surface area contributed by atoms with Gasteiger partial charge in [-0.05, 0) is 107 Å².